The van der Waals surface area contributed by atoms with Crippen molar-refractivity contribution >= 4 is 11.8 Å². The molecule has 1 heterocycles. The van der Waals surface area contributed by atoms with Gasteiger partial charge in [-0.3, -0.25) is 4.90 Å². The molecule has 0 aromatic heterocycles. The van der Waals surface area contributed by atoms with Crippen LogP contribution in [0.3, 0.4) is 0 Å². The number of phenolic OH excluding ortho intramolecular Hbond substituents is 1. The van der Waals surface area contributed by atoms with E-state index in [4.69, 9.17) is 4.74 Å². The first-order valence-corrected chi connectivity index (χ1v) is 6.65. The Hall–Kier alpha value is -2.53. The highest BCUT2D eigenvalue weighted by Crippen LogP contribution is 2.37. The largest absolute Gasteiger partial charge is 0.508 e. The van der Waals surface area contributed by atoms with Crippen molar-refractivity contribution in [2.75, 3.05) is 11.5 Å². The van der Waals surface area contributed by atoms with Crippen LogP contribution in [0, 0.1) is 0 Å². The van der Waals surface area contributed by atoms with Crippen molar-refractivity contribution in [1.29, 1.82) is 0 Å². The summed E-state index contributed by atoms with van der Waals surface area (Å²) in [6, 6.07) is 15.3. The van der Waals surface area contributed by atoms with E-state index < -0.39 is 18.2 Å². The van der Waals surface area contributed by atoms with E-state index in [0.29, 0.717) is 5.69 Å². The Balaban J connectivity index is 2.03. The SMILES string of the molecule is O=C1OC(CO)C(c2ccc(O)cc2)N1c1ccccc1. The highest BCUT2D eigenvalue weighted by atomic mass is 16.6. The van der Waals surface area contributed by atoms with Gasteiger partial charge in [-0.2, -0.15) is 0 Å². The summed E-state index contributed by atoms with van der Waals surface area (Å²) in [5.74, 6) is 0.149. The predicted molar refractivity (Wildman–Crippen MR) is 77.1 cm³/mol. The number of hydrogen-bond donors (Lipinski definition) is 2. The molecule has 2 atom stereocenters. The van der Waals surface area contributed by atoms with Crippen LogP contribution in [0.2, 0.25) is 0 Å². The van der Waals surface area contributed by atoms with Crippen molar-refractivity contribution in [1.82, 2.24) is 0 Å². The van der Waals surface area contributed by atoms with Crippen LogP contribution in [0.4, 0.5) is 10.5 Å². The minimum absolute atomic E-state index is 0.149. The van der Waals surface area contributed by atoms with Crippen LogP contribution in [0.5, 0.6) is 5.75 Å². The van der Waals surface area contributed by atoms with E-state index in [-0.39, 0.29) is 12.4 Å². The fourth-order valence-electron chi connectivity index (χ4n) is 2.56. The van der Waals surface area contributed by atoms with E-state index >= 15 is 0 Å². The normalized spacial score (nSPS) is 21.4. The molecule has 1 saturated heterocycles. The van der Waals surface area contributed by atoms with Gasteiger partial charge >= 0.3 is 6.09 Å². The quantitative estimate of drug-likeness (QED) is 0.908. The van der Waals surface area contributed by atoms with Crippen molar-refractivity contribution in [2.24, 2.45) is 0 Å². The van der Waals surface area contributed by atoms with Crippen LogP contribution < -0.4 is 4.90 Å². The molecule has 0 bridgehead atoms. The number of anilines is 1. The van der Waals surface area contributed by atoms with Crippen LogP contribution in [0.1, 0.15) is 11.6 Å². The van der Waals surface area contributed by atoms with Crippen LogP contribution in [-0.4, -0.2) is 29.0 Å². The molecule has 0 saturated carbocycles. The highest BCUT2D eigenvalue weighted by Gasteiger charge is 2.43. The van der Waals surface area contributed by atoms with Gasteiger partial charge in [-0.25, -0.2) is 4.79 Å². The second kappa shape index (κ2) is 5.46. The lowest BCUT2D eigenvalue weighted by molar-refractivity contribution is 0.0829. The van der Waals surface area contributed by atoms with Crippen molar-refractivity contribution in [3.8, 4) is 5.75 Å². The second-order valence-electron chi connectivity index (χ2n) is 4.85. The molecule has 5 nitrogen and oxygen atoms in total. The predicted octanol–water partition coefficient (Wildman–Crippen LogP) is 2.45. The second-order valence-corrected chi connectivity index (χ2v) is 4.85. The van der Waals surface area contributed by atoms with Gasteiger partial charge < -0.3 is 14.9 Å². The topological polar surface area (TPSA) is 70.0 Å². The minimum atomic E-state index is -0.637. The number of ether oxygens (including phenoxy) is 1. The molecule has 2 aromatic carbocycles. The summed E-state index contributed by atoms with van der Waals surface area (Å²) in [5.41, 5.74) is 1.50. The Morgan fingerprint density at radius 1 is 1.05 bits per heavy atom. The first kappa shape index (κ1) is 13.5. The van der Waals surface area contributed by atoms with E-state index in [2.05, 4.69) is 0 Å². The summed E-state index contributed by atoms with van der Waals surface area (Å²) in [6.45, 7) is -0.263. The Morgan fingerprint density at radius 2 is 1.71 bits per heavy atom. The molecule has 1 aliphatic rings. The molecule has 1 amide bonds. The van der Waals surface area contributed by atoms with Crippen LogP contribution >= 0.6 is 0 Å². The zero-order valence-electron chi connectivity index (χ0n) is 11.2. The molecule has 0 aliphatic carbocycles. The molecule has 2 unspecified atom stereocenters. The number of phenols is 1. The molecule has 21 heavy (non-hydrogen) atoms. The molecular weight excluding hydrogens is 270 g/mol. The molecular formula is C16H15NO4. The Labute approximate surface area is 122 Å². The van der Waals surface area contributed by atoms with E-state index in [1.54, 1.807) is 24.3 Å². The number of rotatable bonds is 3. The average molecular weight is 285 g/mol. The number of amides is 1. The maximum Gasteiger partial charge on any atom is 0.415 e. The fraction of sp³-hybridized carbons (Fsp3) is 0.188. The highest BCUT2D eigenvalue weighted by molar-refractivity contribution is 5.91. The van der Waals surface area contributed by atoms with Crippen LogP contribution in [-0.2, 0) is 4.74 Å². The van der Waals surface area contributed by atoms with Gasteiger partial charge in [-0.1, -0.05) is 30.3 Å². The lowest BCUT2D eigenvalue weighted by Crippen LogP contribution is -2.30. The molecule has 3 rings (SSSR count). The van der Waals surface area contributed by atoms with Gasteiger partial charge in [0.25, 0.3) is 0 Å². The van der Waals surface area contributed by atoms with Gasteiger partial charge in [0.2, 0.25) is 0 Å². The molecule has 1 fully saturated rings. The van der Waals surface area contributed by atoms with Crippen molar-refractivity contribution in [2.45, 2.75) is 12.1 Å². The van der Waals surface area contributed by atoms with Gasteiger partial charge in [0.05, 0.1) is 6.61 Å². The van der Waals surface area contributed by atoms with E-state index in [0.717, 1.165) is 5.56 Å². The van der Waals surface area contributed by atoms with Gasteiger partial charge in [0.1, 0.15) is 11.8 Å². The number of aromatic hydroxyl groups is 1. The van der Waals surface area contributed by atoms with Crippen molar-refractivity contribution in [3.63, 3.8) is 0 Å². The Morgan fingerprint density at radius 3 is 2.33 bits per heavy atom. The number of aliphatic hydroxyl groups excluding tert-OH is 1. The Kier molecular flexibility index (Phi) is 3.50. The molecule has 1 aliphatic heterocycles. The van der Waals surface area contributed by atoms with Crippen molar-refractivity contribution in [3.05, 3.63) is 60.2 Å². The average Bonchev–Trinajstić information content (AvgIpc) is 2.85. The molecule has 2 aromatic rings. The maximum absolute atomic E-state index is 12.1. The smallest absolute Gasteiger partial charge is 0.415 e. The van der Waals surface area contributed by atoms with Crippen LogP contribution in [0.25, 0.3) is 0 Å². The Bertz CT molecular complexity index is 626. The summed E-state index contributed by atoms with van der Waals surface area (Å²) >= 11 is 0. The summed E-state index contributed by atoms with van der Waals surface area (Å²) < 4.78 is 5.25. The molecule has 0 spiro atoms. The summed E-state index contributed by atoms with van der Waals surface area (Å²) in [4.78, 5) is 13.7. The first-order chi connectivity index (χ1) is 10.2. The van der Waals surface area contributed by atoms with Crippen LogP contribution in [0.15, 0.2) is 54.6 Å². The lowest BCUT2D eigenvalue weighted by atomic mass is 10.0. The number of carbonyl (C=O) groups is 1. The third-order valence-corrected chi connectivity index (χ3v) is 3.53. The first-order valence-electron chi connectivity index (χ1n) is 6.65. The lowest BCUT2D eigenvalue weighted by Gasteiger charge is -2.24. The summed E-state index contributed by atoms with van der Waals surface area (Å²) in [7, 11) is 0. The number of para-hydroxylation sites is 1. The standard InChI is InChI=1S/C16H15NO4/c18-10-14-15(11-6-8-13(19)9-7-11)17(16(20)21-14)12-4-2-1-3-5-12/h1-9,14-15,18-19H,10H2. The van der Waals surface area contributed by atoms with Gasteiger partial charge in [-0.05, 0) is 29.8 Å². The van der Waals surface area contributed by atoms with E-state index in [9.17, 15) is 15.0 Å². The van der Waals surface area contributed by atoms with E-state index in [1.807, 2.05) is 30.3 Å². The number of cyclic esters (lactones) is 1. The zero-order valence-corrected chi connectivity index (χ0v) is 11.2. The number of aliphatic hydroxyl groups is 1. The third-order valence-electron chi connectivity index (χ3n) is 3.53. The number of hydrogen-bond acceptors (Lipinski definition) is 4. The molecule has 2 N–H and O–H groups in total. The third kappa shape index (κ3) is 2.43. The van der Waals surface area contributed by atoms with E-state index in [1.165, 1.54) is 4.90 Å². The van der Waals surface area contributed by atoms with Gasteiger partial charge in [-0.15, -0.1) is 0 Å². The van der Waals surface area contributed by atoms with Crippen molar-refractivity contribution < 1.29 is 19.7 Å². The monoisotopic (exact) mass is 285 g/mol. The number of nitrogens with zero attached hydrogens (tertiary/aromatic N) is 1. The summed E-state index contributed by atoms with van der Waals surface area (Å²) in [6.07, 6.45) is -1.12. The summed E-state index contributed by atoms with van der Waals surface area (Å²) in [5, 5.41) is 18.9. The molecule has 5 heteroatoms. The van der Waals surface area contributed by atoms with Gasteiger partial charge in [0, 0.05) is 5.69 Å². The van der Waals surface area contributed by atoms with Gasteiger partial charge in [0.15, 0.2) is 6.10 Å². The number of benzene rings is 2. The molecule has 108 valence electrons. The maximum atomic E-state index is 12.1. The minimum Gasteiger partial charge on any atom is -0.508 e. The molecule has 0 radical (unpaired) electrons. The zero-order chi connectivity index (χ0) is 14.8. The fourth-order valence-corrected chi connectivity index (χ4v) is 2.56. The number of carbonyl (C=O) groups excluding carboxylic acids is 1.